The first kappa shape index (κ1) is 38.4. The molecular formula is C30H56O10. The van der Waals surface area contributed by atoms with Crippen LogP contribution in [-0.2, 0) is 42.8 Å². The van der Waals surface area contributed by atoms with Gasteiger partial charge in [0.1, 0.15) is 6.61 Å². The zero-order valence-electron chi connectivity index (χ0n) is 25.0. The fourth-order valence-corrected chi connectivity index (χ4v) is 3.81. The number of ketones is 1. The number of carboxylic acids is 1. The molecule has 40 heavy (non-hydrogen) atoms. The van der Waals surface area contributed by atoms with Gasteiger partial charge in [-0.15, -0.1) is 0 Å². The van der Waals surface area contributed by atoms with Crippen LogP contribution in [0.1, 0.15) is 103 Å². The molecule has 0 bridgehead atoms. The van der Waals surface area contributed by atoms with Gasteiger partial charge in [0.15, 0.2) is 0 Å². The van der Waals surface area contributed by atoms with E-state index in [1.54, 1.807) is 0 Å². The van der Waals surface area contributed by atoms with Crippen LogP contribution in [0.5, 0.6) is 0 Å². The van der Waals surface area contributed by atoms with Gasteiger partial charge in [0.2, 0.25) is 5.78 Å². The molecule has 0 aliphatic heterocycles. The molecule has 0 aliphatic rings. The van der Waals surface area contributed by atoms with E-state index in [4.69, 9.17) is 33.5 Å². The second-order valence-corrected chi connectivity index (χ2v) is 9.75. The van der Waals surface area contributed by atoms with E-state index in [0.29, 0.717) is 52.9 Å². The SMILES string of the molecule is CCCCCCCCCCCCCCCOCCOCCOCCOCCOCCOC(=O)CCC(=O)C(=O)O. The summed E-state index contributed by atoms with van der Waals surface area (Å²) in [4.78, 5) is 32.6. The molecule has 0 spiro atoms. The van der Waals surface area contributed by atoms with Crippen molar-refractivity contribution in [2.45, 2.75) is 103 Å². The van der Waals surface area contributed by atoms with E-state index in [-0.39, 0.29) is 26.1 Å². The van der Waals surface area contributed by atoms with Crippen LogP contribution in [0, 0.1) is 0 Å². The summed E-state index contributed by atoms with van der Waals surface area (Å²) in [6.45, 7) is 7.16. The van der Waals surface area contributed by atoms with E-state index in [9.17, 15) is 14.4 Å². The van der Waals surface area contributed by atoms with Crippen LogP contribution in [0.25, 0.3) is 0 Å². The fourth-order valence-electron chi connectivity index (χ4n) is 3.81. The minimum atomic E-state index is -1.55. The number of esters is 1. The Morgan fingerprint density at radius 3 is 1.20 bits per heavy atom. The van der Waals surface area contributed by atoms with Crippen molar-refractivity contribution in [3.63, 3.8) is 0 Å². The molecule has 0 atom stereocenters. The first-order valence-corrected chi connectivity index (χ1v) is 15.4. The lowest BCUT2D eigenvalue weighted by atomic mass is 10.0. The topological polar surface area (TPSA) is 127 Å². The Kier molecular flexibility index (Phi) is 30.7. The van der Waals surface area contributed by atoms with Crippen molar-refractivity contribution < 1.29 is 47.9 Å². The molecule has 0 heterocycles. The van der Waals surface area contributed by atoms with Crippen LogP contribution in [0.15, 0.2) is 0 Å². The quantitative estimate of drug-likeness (QED) is 0.0637. The number of unbranched alkanes of at least 4 members (excludes halogenated alkanes) is 12. The van der Waals surface area contributed by atoms with Gasteiger partial charge >= 0.3 is 11.9 Å². The maximum atomic E-state index is 11.3. The number of hydrogen-bond acceptors (Lipinski definition) is 9. The van der Waals surface area contributed by atoms with Gasteiger partial charge in [-0.1, -0.05) is 84.0 Å². The van der Waals surface area contributed by atoms with Gasteiger partial charge in [-0.05, 0) is 6.42 Å². The van der Waals surface area contributed by atoms with Crippen molar-refractivity contribution in [2.75, 3.05) is 72.7 Å². The molecule has 10 heteroatoms. The second kappa shape index (κ2) is 31.9. The highest BCUT2D eigenvalue weighted by Crippen LogP contribution is 2.12. The predicted octanol–water partition coefficient (Wildman–Crippen LogP) is 5.14. The highest BCUT2D eigenvalue weighted by atomic mass is 16.6. The molecule has 0 unspecified atom stereocenters. The Labute approximate surface area is 241 Å². The number of ether oxygens (including phenoxy) is 6. The highest BCUT2D eigenvalue weighted by molar-refractivity contribution is 6.32. The maximum absolute atomic E-state index is 11.3. The average Bonchev–Trinajstić information content (AvgIpc) is 2.95. The summed E-state index contributed by atoms with van der Waals surface area (Å²) in [6.07, 6.45) is 17.0. The molecule has 10 nitrogen and oxygen atoms in total. The van der Waals surface area contributed by atoms with E-state index in [2.05, 4.69) is 6.92 Å². The van der Waals surface area contributed by atoms with Crippen molar-refractivity contribution in [3.05, 3.63) is 0 Å². The van der Waals surface area contributed by atoms with E-state index in [1.807, 2.05) is 0 Å². The third-order valence-electron chi connectivity index (χ3n) is 6.17. The number of carbonyl (C=O) groups is 3. The van der Waals surface area contributed by atoms with E-state index in [0.717, 1.165) is 13.0 Å². The summed E-state index contributed by atoms with van der Waals surface area (Å²) in [5, 5.41) is 8.43. The molecule has 0 aromatic rings. The molecular weight excluding hydrogens is 520 g/mol. The van der Waals surface area contributed by atoms with Crippen LogP contribution in [0.3, 0.4) is 0 Å². The van der Waals surface area contributed by atoms with Crippen LogP contribution >= 0.6 is 0 Å². The van der Waals surface area contributed by atoms with Gasteiger partial charge in [0.05, 0.1) is 65.9 Å². The average molecular weight is 577 g/mol. The first-order chi connectivity index (χ1) is 19.6. The Hall–Kier alpha value is -1.59. The van der Waals surface area contributed by atoms with Crippen LogP contribution in [0.4, 0.5) is 0 Å². The Morgan fingerprint density at radius 1 is 0.450 bits per heavy atom. The van der Waals surface area contributed by atoms with Crippen molar-refractivity contribution >= 4 is 17.7 Å². The highest BCUT2D eigenvalue weighted by Gasteiger charge is 2.14. The minimum Gasteiger partial charge on any atom is -0.476 e. The summed E-state index contributed by atoms with van der Waals surface area (Å²) >= 11 is 0. The van der Waals surface area contributed by atoms with Crippen molar-refractivity contribution in [2.24, 2.45) is 0 Å². The van der Waals surface area contributed by atoms with Crippen LogP contribution in [-0.4, -0.2) is 95.5 Å². The molecule has 0 rings (SSSR count). The smallest absolute Gasteiger partial charge is 0.372 e. The molecule has 0 fully saturated rings. The third kappa shape index (κ3) is 30.9. The van der Waals surface area contributed by atoms with Gasteiger partial charge in [-0.25, -0.2) is 4.79 Å². The van der Waals surface area contributed by atoms with Crippen molar-refractivity contribution in [3.8, 4) is 0 Å². The Bertz CT molecular complexity index is 585. The lowest BCUT2D eigenvalue weighted by Gasteiger charge is -2.08. The summed E-state index contributed by atoms with van der Waals surface area (Å²) < 4.78 is 32.1. The van der Waals surface area contributed by atoms with Crippen LogP contribution < -0.4 is 0 Å². The lowest BCUT2D eigenvalue weighted by Crippen LogP contribution is -2.17. The largest absolute Gasteiger partial charge is 0.476 e. The number of carboxylic acid groups (broad SMARTS) is 1. The summed E-state index contributed by atoms with van der Waals surface area (Å²) in [5.41, 5.74) is 0. The zero-order valence-corrected chi connectivity index (χ0v) is 25.0. The van der Waals surface area contributed by atoms with Gasteiger partial charge in [0, 0.05) is 13.0 Å². The van der Waals surface area contributed by atoms with Crippen molar-refractivity contribution in [1.29, 1.82) is 0 Å². The summed E-state index contributed by atoms with van der Waals surface area (Å²) in [6, 6.07) is 0. The zero-order chi connectivity index (χ0) is 29.4. The molecule has 0 amide bonds. The van der Waals surface area contributed by atoms with Crippen molar-refractivity contribution in [1.82, 2.24) is 0 Å². The number of Topliss-reactive ketones (excluding diaryl/α,β-unsaturated/α-hetero) is 1. The predicted molar refractivity (Wildman–Crippen MR) is 153 cm³/mol. The molecule has 0 radical (unpaired) electrons. The number of carbonyl (C=O) groups excluding carboxylic acids is 2. The summed E-state index contributed by atoms with van der Waals surface area (Å²) in [7, 11) is 0. The van der Waals surface area contributed by atoms with E-state index >= 15 is 0 Å². The fraction of sp³-hybridized carbons (Fsp3) is 0.900. The second-order valence-electron chi connectivity index (χ2n) is 9.75. The van der Waals surface area contributed by atoms with Crippen LogP contribution in [0.2, 0.25) is 0 Å². The third-order valence-corrected chi connectivity index (χ3v) is 6.17. The molecule has 236 valence electrons. The summed E-state index contributed by atoms with van der Waals surface area (Å²) in [5.74, 6) is -3.19. The minimum absolute atomic E-state index is 0.0354. The molecule has 0 saturated heterocycles. The van der Waals surface area contributed by atoms with E-state index in [1.165, 1.54) is 77.0 Å². The lowest BCUT2D eigenvalue weighted by molar-refractivity contribution is -0.151. The van der Waals surface area contributed by atoms with Gasteiger partial charge < -0.3 is 33.5 Å². The Morgan fingerprint density at radius 2 is 0.800 bits per heavy atom. The normalized spacial score (nSPS) is 11.1. The molecule has 1 N–H and O–H groups in total. The number of hydrogen-bond donors (Lipinski definition) is 1. The monoisotopic (exact) mass is 576 g/mol. The molecule has 0 saturated carbocycles. The molecule has 0 aromatic heterocycles. The number of rotatable bonds is 33. The maximum Gasteiger partial charge on any atom is 0.372 e. The van der Waals surface area contributed by atoms with E-state index < -0.39 is 17.7 Å². The van der Waals surface area contributed by atoms with Gasteiger partial charge in [0.25, 0.3) is 0 Å². The number of aliphatic carboxylic acids is 1. The van der Waals surface area contributed by atoms with Gasteiger partial charge in [-0.3, -0.25) is 9.59 Å². The van der Waals surface area contributed by atoms with Gasteiger partial charge in [-0.2, -0.15) is 0 Å². The Balaban J connectivity index is 3.12. The molecule has 0 aliphatic carbocycles. The molecule has 0 aromatic carbocycles. The first-order valence-electron chi connectivity index (χ1n) is 15.4. The standard InChI is InChI=1S/C30H56O10/c1-2-3-4-5-6-7-8-9-10-11-12-13-14-17-35-18-19-36-20-21-37-22-23-38-24-25-39-26-27-40-29(32)16-15-28(31)30(33)34/h2-27H2,1H3,(H,33,34).